The number of amides is 2. The van der Waals surface area contributed by atoms with E-state index in [0.29, 0.717) is 28.7 Å². The minimum Gasteiger partial charge on any atom is -0.326 e. The number of benzene rings is 1. The van der Waals surface area contributed by atoms with Crippen LogP contribution in [0.5, 0.6) is 0 Å². The van der Waals surface area contributed by atoms with Crippen molar-refractivity contribution in [2.24, 2.45) is 11.7 Å². The van der Waals surface area contributed by atoms with Crippen LogP contribution in [0.4, 0.5) is 11.4 Å². The summed E-state index contributed by atoms with van der Waals surface area (Å²) >= 11 is 6.03. The molecule has 23 heavy (non-hydrogen) atoms. The normalized spacial score (nSPS) is 15.2. The minimum atomic E-state index is -0.326. The molecule has 0 atom stereocenters. The Bertz CT molecular complexity index is 557. The number of nitrogens with two attached hydrogens (primary N) is 1. The molecule has 1 saturated carbocycles. The minimum absolute atomic E-state index is 0.00556. The smallest absolute Gasteiger partial charge is 0.238 e. The zero-order chi connectivity index (χ0) is 16.7. The summed E-state index contributed by atoms with van der Waals surface area (Å²) in [7, 11) is 0. The number of rotatable bonds is 6. The van der Waals surface area contributed by atoms with Crippen LogP contribution in [-0.2, 0) is 9.59 Å². The fraction of sp³-hybridized carbons (Fsp3) is 0.529. The Labute approximate surface area is 142 Å². The molecule has 1 aromatic carbocycles. The fourth-order valence-electron chi connectivity index (χ4n) is 2.93. The van der Waals surface area contributed by atoms with Gasteiger partial charge in [0.15, 0.2) is 0 Å². The van der Waals surface area contributed by atoms with Gasteiger partial charge in [-0.3, -0.25) is 9.59 Å². The van der Waals surface area contributed by atoms with Crippen molar-refractivity contribution in [1.29, 1.82) is 0 Å². The van der Waals surface area contributed by atoms with E-state index in [9.17, 15) is 9.59 Å². The Hall–Kier alpha value is -1.59. The highest BCUT2D eigenvalue weighted by molar-refractivity contribution is 6.33. The van der Waals surface area contributed by atoms with Gasteiger partial charge in [0.1, 0.15) is 0 Å². The molecule has 0 aliphatic heterocycles. The monoisotopic (exact) mass is 337 g/mol. The zero-order valence-electron chi connectivity index (χ0n) is 13.2. The Kier molecular flexibility index (Phi) is 6.86. The lowest BCUT2D eigenvalue weighted by atomic mass is 9.86. The van der Waals surface area contributed by atoms with Crippen LogP contribution in [0.15, 0.2) is 18.2 Å². The second-order valence-electron chi connectivity index (χ2n) is 6.04. The van der Waals surface area contributed by atoms with E-state index in [-0.39, 0.29) is 18.4 Å². The number of carbonyl (C=O) groups is 2. The van der Waals surface area contributed by atoms with Crippen LogP contribution in [0, 0.1) is 5.92 Å². The van der Waals surface area contributed by atoms with Gasteiger partial charge in [-0.2, -0.15) is 0 Å². The standard InChI is InChI=1S/C17H24ClN3O2/c18-14-8-7-13(10-15(14)21-17(23)11-19)20-16(22)9-6-12-4-2-1-3-5-12/h7-8,10,12H,1-6,9,11,19H2,(H,20,22)(H,21,23). The van der Waals surface area contributed by atoms with Gasteiger partial charge >= 0.3 is 0 Å². The van der Waals surface area contributed by atoms with Crippen LogP contribution in [0.2, 0.25) is 5.02 Å². The van der Waals surface area contributed by atoms with Crippen LogP contribution >= 0.6 is 11.6 Å². The van der Waals surface area contributed by atoms with Crippen molar-refractivity contribution in [3.63, 3.8) is 0 Å². The molecule has 1 fully saturated rings. The molecule has 1 aliphatic carbocycles. The maximum Gasteiger partial charge on any atom is 0.238 e. The van der Waals surface area contributed by atoms with E-state index in [1.54, 1.807) is 18.2 Å². The summed E-state index contributed by atoms with van der Waals surface area (Å²) < 4.78 is 0. The third-order valence-electron chi connectivity index (χ3n) is 4.21. The van der Waals surface area contributed by atoms with E-state index in [1.807, 2.05) is 0 Å². The molecular weight excluding hydrogens is 314 g/mol. The third kappa shape index (κ3) is 5.84. The predicted molar refractivity (Wildman–Crippen MR) is 93.6 cm³/mol. The molecule has 2 amide bonds. The highest BCUT2D eigenvalue weighted by Gasteiger charge is 2.15. The average Bonchev–Trinajstić information content (AvgIpc) is 2.57. The van der Waals surface area contributed by atoms with Gasteiger partial charge in [0.2, 0.25) is 11.8 Å². The topological polar surface area (TPSA) is 84.2 Å². The van der Waals surface area contributed by atoms with Gasteiger partial charge in [-0.25, -0.2) is 0 Å². The molecule has 0 unspecified atom stereocenters. The van der Waals surface area contributed by atoms with E-state index in [1.165, 1.54) is 32.1 Å². The molecule has 0 spiro atoms. The van der Waals surface area contributed by atoms with E-state index in [2.05, 4.69) is 10.6 Å². The summed E-state index contributed by atoms with van der Waals surface area (Å²) in [6, 6.07) is 5.01. The number of hydrogen-bond donors (Lipinski definition) is 3. The lowest BCUT2D eigenvalue weighted by molar-refractivity contribution is -0.116. The van der Waals surface area contributed by atoms with Crippen molar-refractivity contribution in [3.8, 4) is 0 Å². The number of anilines is 2. The molecule has 0 aromatic heterocycles. The quantitative estimate of drug-likeness (QED) is 0.742. The first-order valence-corrected chi connectivity index (χ1v) is 8.55. The number of hydrogen-bond acceptors (Lipinski definition) is 3. The van der Waals surface area contributed by atoms with Crippen LogP contribution in [0.1, 0.15) is 44.9 Å². The number of nitrogens with one attached hydrogen (secondary N) is 2. The summed E-state index contributed by atoms with van der Waals surface area (Å²) in [6.07, 6.45) is 7.84. The molecule has 0 heterocycles. The predicted octanol–water partition coefficient (Wildman–Crippen LogP) is 3.54. The molecule has 1 aromatic rings. The van der Waals surface area contributed by atoms with Gasteiger partial charge in [0.25, 0.3) is 0 Å². The van der Waals surface area contributed by atoms with Crippen LogP contribution in [0.25, 0.3) is 0 Å². The Morgan fingerprint density at radius 1 is 1.13 bits per heavy atom. The number of halogens is 1. The van der Waals surface area contributed by atoms with E-state index < -0.39 is 0 Å². The second-order valence-corrected chi connectivity index (χ2v) is 6.45. The van der Waals surface area contributed by atoms with Gasteiger partial charge in [0, 0.05) is 12.1 Å². The average molecular weight is 338 g/mol. The molecule has 4 N–H and O–H groups in total. The molecule has 0 saturated heterocycles. The van der Waals surface area contributed by atoms with E-state index in [4.69, 9.17) is 17.3 Å². The number of carbonyl (C=O) groups excluding carboxylic acids is 2. The second kappa shape index (κ2) is 8.89. The molecule has 6 heteroatoms. The lowest BCUT2D eigenvalue weighted by Gasteiger charge is -2.21. The lowest BCUT2D eigenvalue weighted by Crippen LogP contribution is -2.22. The summed E-state index contributed by atoms with van der Waals surface area (Å²) in [6.45, 7) is -0.117. The summed E-state index contributed by atoms with van der Waals surface area (Å²) in [5.74, 6) is 0.348. The van der Waals surface area contributed by atoms with Crippen LogP contribution < -0.4 is 16.4 Å². The van der Waals surface area contributed by atoms with Crippen molar-refractivity contribution in [2.75, 3.05) is 17.2 Å². The molecule has 2 rings (SSSR count). The Morgan fingerprint density at radius 3 is 2.57 bits per heavy atom. The molecular formula is C17H24ClN3O2. The zero-order valence-corrected chi connectivity index (χ0v) is 14.0. The van der Waals surface area contributed by atoms with Gasteiger partial charge in [-0.15, -0.1) is 0 Å². The highest BCUT2D eigenvalue weighted by Crippen LogP contribution is 2.28. The van der Waals surface area contributed by atoms with Crippen molar-refractivity contribution < 1.29 is 9.59 Å². The Morgan fingerprint density at radius 2 is 1.87 bits per heavy atom. The fourth-order valence-corrected chi connectivity index (χ4v) is 3.10. The first-order chi connectivity index (χ1) is 11.1. The van der Waals surface area contributed by atoms with Crippen LogP contribution in [-0.4, -0.2) is 18.4 Å². The largest absolute Gasteiger partial charge is 0.326 e. The van der Waals surface area contributed by atoms with Gasteiger partial charge < -0.3 is 16.4 Å². The molecule has 0 radical (unpaired) electrons. The molecule has 5 nitrogen and oxygen atoms in total. The first-order valence-electron chi connectivity index (χ1n) is 8.18. The first kappa shape index (κ1) is 17.8. The molecule has 126 valence electrons. The van der Waals surface area contributed by atoms with Gasteiger partial charge in [0.05, 0.1) is 17.3 Å². The summed E-state index contributed by atoms with van der Waals surface area (Å²) in [5.41, 5.74) is 6.35. The van der Waals surface area contributed by atoms with E-state index in [0.717, 1.165) is 6.42 Å². The Balaban J connectivity index is 1.87. The van der Waals surface area contributed by atoms with Crippen molar-refractivity contribution in [3.05, 3.63) is 23.2 Å². The maximum absolute atomic E-state index is 12.1. The van der Waals surface area contributed by atoms with Crippen molar-refractivity contribution >= 4 is 34.8 Å². The molecule has 0 bridgehead atoms. The van der Waals surface area contributed by atoms with Crippen LogP contribution in [0.3, 0.4) is 0 Å². The molecule has 1 aliphatic rings. The van der Waals surface area contributed by atoms with E-state index >= 15 is 0 Å². The van der Waals surface area contributed by atoms with Crippen molar-refractivity contribution in [1.82, 2.24) is 0 Å². The maximum atomic E-state index is 12.1. The highest BCUT2D eigenvalue weighted by atomic mass is 35.5. The summed E-state index contributed by atoms with van der Waals surface area (Å²) in [4.78, 5) is 23.4. The van der Waals surface area contributed by atoms with Gasteiger partial charge in [-0.1, -0.05) is 43.7 Å². The summed E-state index contributed by atoms with van der Waals surface area (Å²) in [5, 5.41) is 5.88. The third-order valence-corrected chi connectivity index (χ3v) is 4.54. The van der Waals surface area contributed by atoms with Gasteiger partial charge in [-0.05, 0) is 30.5 Å². The SMILES string of the molecule is NCC(=O)Nc1cc(NC(=O)CCC2CCCCC2)ccc1Cl. The van der Waals surface area contributed by atoms with Crippen molar-refractivity contribution in [2.45, 2.75) is 44.9 Å².